The molecule has 0 saturated carbocycles. The van der Waals surface area contributed by atoms with E-state index in [2.05, 4.69) is 4.98 Å². The molecular formula is C26H22N2O7. The second kappa shape index (κ2) is 9.60. The van der Waals surface area contributed by atoms with Crippen molar-refractivity contribution in [2.75, 3.05) is 12.3 Å². The molecule has 0 aliphatic heterocycles. The molecule has 0 fully saturated rings. The average molecular weight is 474 g/mol. The van der Waals surface area contributed by atoms with Crippen molar-refractivity contribution in [2.45, 2.75) is 13.5 Å². The Balaban J connectivity index is 1.79. The van der Waals surface area contributed by atoms with Crippen molar-refractivity contribution in [1.29, 1.82) is 0 Å². The zero-order valence-electron chi connectivity index (χ0n) is 18.7. The Kier molecular flexibility index (Phi) is 6.41. The van der Waals surface area contributed by atoms with Crippen LogP contribution in [0.5, 0.6) is 11.5 Å². The molecule has 4 aromatic rings. The fourth-order valence-electron chi connectivity index (χ4n) is 3.96. The zero-order chi connectivity index (χ0) is 25.1. The standard InChI is InChI=1S/C26H22N2O7/c1-2-34-19-12-15(20-21(25(30)31)23(27)28-24(29)22(20)26(32)33)10-11-18(19)35-13-16-8-5-7-14-6-3-4-9-17(14)16/h3-12H,2,13H2,1H3,(H,30,31)(H,32,33)(H3,27,28,29). The van der Waals surface area contributed by atoms with E-state index in [1.807, 2.05) is 42.5 Å². The summed E-state index contributed by atoms with van der Waals surface area (Å²) in [6, 6.07) is 18.2. The minimum atomic E-state index is -1.59. The Morgan fingerprint density at radius 1 is 0.914 bits per heavy atom. The second-order valence-electron chi connectivity index (χ2n) is 7.62. The van der Waals surface area contributed by atoms with Crippen molar-refractivity contribution >= 4 is 28.5 Å². The van der Waals surface area contributed by atoms with E-state index in [-0.39, 0.29) is 30.1 Å². The first-order chi connectivity index (χ1) is 16.8. The average Bonchev–Trinajstić information content (AvgIpc) is 2.82. The van der Waals surface area contributed by atoms with Gasteiger partial charge in [0.15, 0.2) is 11.5 Å². The minimum absolute atomic E-state index is 0.138. The highest BCUT2D eigenvalue weighted by atomic mass is 16.5. The van der Waals surface area contributed by atoms with Crippen molar-refractivity contribution in [1.82, 2.24) is 4.98 Å². The van der Waals surface area contributed by atoms with E-state index in [0.717, 1.165) is 16.3 Å². The van der Waals surface area contributed by atoms with E-state index in [9.17, 15) is 24.6 Å². The molecule has 35 heavy (non-hydrogen) atoms. The molecule has 0 unspecified atom stereocenters. The molecule has 0 aliphatic rings. The van der Waals surface area contributed by atoms with Gasteiger partial charge in [0, 0.05) is 5.56 Å². The van der Waals surface area contributed by atoms with E-state index in [0.29, 0.717) is 5.75 Å². The number of aromatic carboxylic acids is 2. The van der Waals surface area contributed by atoms with Gasteiger partial charge in [0.1, 0.15) is 23.6 Å². The number of aromatic nitrogens is 1. The SMILES string of the molecule is CCOc1cc(-c2c(C(=O)O)c(N)[nH]c(=O)c2C(=O)O)ccc1OCc1cccc2ccccc12. The number of nitrogens with two attached hydrogens (primary N) is 1. The predicted molar refractivity (Wildman–Crippen MR) is 130 cm³/mol. The Labute approximate surface area is 199 Å². The number of benzene rings is 3. The molecule has 9 nitrogen and oxygen atoms in total. The molecular weight excluding hydrogens is 452 g/mol. The molecule has 0 amide bonds. The van der Waals surface area contributed by atoms with Gasteiger partial charge in [0.25, 0.3) is 5.56 Å². The lowest BCUT2D eigenvalue weighted by molar-refractivity contribution is 0.0695. The van der Waals surface area contributed by atoms with Gasteiger partial charge >= 0.3 is 11.9 Å². The van der Waals surface area contributed by atoms with Crippen molar-refractivity contribution < 1.29 is 29.3 Å². The number of hydrogen-bond acceptors (Lipinski definition) is 6. The molecule has 5 N–H and O–H groups in total. The summed E-state index contributed by atoms with van der Waals surface area (Å²) in [6.45, 7) is 2.26. The number of pyridine rings is 1. The van der Waals surface area contributed by atoms with Crippen molar-refractivity contribution in [2.24, 2.45) is 0 Å². The van der Waals surface area contributed by atoms with E-state index in [4.69, 9.17) is 15.2 Å². The number of nitrogen functional groups attached to an aromatic ring is 1. The van der Waals surface area contributed by atoms with E-state index >= 15 is 0 Å². The Hall–Kier alpha value is -4.79. The summed E-state index contributed by atoms with van der Waals surface area (Å²) in [7, 11) is 0. The number of H-pyrrole nitrogens is 1. The lowest BCUT2D eigenvalue weighted by atomic mass is 9.95. The van der Waals surface area contributed by atoms with Crippen LogP contribution in [0.25, 0.3) is 21.9 Å². The molecule has 0 saturated heterocycles. The molecule has 1 heterocycles. The molecule has 0 bridgehead atoms. The van der Waals surface area contributed by atoms with Crippen LogP contribution < -0.4 is 20.8 Å². The van der Waals surface area contributed by atoms with Crippen LogP contribution in [-0.2, 0) is 6.61 Å². The summed E-state index contributed by atoms with van der Waals surface area (Å²) in [6.07, 6.45) is 0. The van der Waals surface area contributed by atoms with Gasteiger partial charge in [-0.05, 0) is 41.0 Å². The van der Waals surface area contributed by atoms with Gasteiger partial charge in [-0.25, -0.2) is 9.59 Å². The first-order valence-electron chi connectivity index (χ1n) is 10.7. The number of anilines is 1. The number of carboxylic acids is 2. The molecule has 1 aromatic heterocycles. The number of nitrogens with one attached hydrogen (secondary N) is 1. The van der Waals surface area contributed by atoms with Crippen LogP contribution in [0.2, 0.25) is 0 Å². The normalized spacial score (nSPS) is 10.8. The maximum Gasteiger partial charge on any atom is 0.342 e. The van der Waals surface area contributed by atoms with Crippen LogP contribution in [-0.4, -0.2) is 33.7 Å². The van der Waals surface area contributed by atoms with E-state index in [1.54, 1.807) is 13.0 Å². The molecule has 3 aromatic carbocycles. The summed E-state index contributed by atoms with van der Waals surface area (Å²) in [5, 5.41) is 21.4. The zero-order valence-corrected chi connectivity index (χ0v) is 18.7. The maximum absolute atomic E-state index is 12.3. The number of aromatic amines is 1. The summed E-state index contributed by atoms with van der Waals surface area (Å²) in [4.78, 5) is 38.1. The van der Waals surface area contributed by atoms with Crippen LogP contribution in [0.3, 0.4) is 0 Å². The Bertz CT molecular complexity index is 1500. The third kappa shape index (κ3) is 4.51. The highest BCUT2D eigenvalue weighted by Gasteiger charge is 2.27. The van der Waals surface area contributed by atoms with Crippen molar-refractivity contribution in [3.8, 4) is 22.6 Å². The third-order valence-corrected chi connectivity index (χ3v) is 5.47. The van der Waals surface area contributed by atoms with Gasteiger partial charge in [-0.15, -0.1) is 0 Å². The van der Waals surface area contributed by atoms with Gasteiger partial charge in [-0.1, -0.05) is 48.5 Å². The molecule has 0 aliphatic carbocycles. The minimum Gasteiger partial charge on any atom is -0.490 e. The summed E-state index contributed by atoms with van der Waals surface area (Å²) in [5.74, 6) is -2.88. The van der Waals surface area contributed by atoms with Gasteiger partial charge in [0.2, 0.25) is 0 Å². The quantitative estimate of drug-likeness (QED) is 0.297. The highest BCUT2D eigenvalue weighted by molar-refractivity contribution is 6.07. The van der Waals surface area contributed by atoms with E-state index < -0.39 is 34.4 Å². The van der Waals surface area contributed by atoms with Gasteiger partial charge in [-0.2, -0.15) is 0 Å². The fourth-order valence-corrected chi connectivity index (χ4v) is 3.96. The van der Waals surface area contributed by atoms with Crippen LogP contribution in [0.4, 0.5) is 5.82 Å². The maximum atomic E-state index is 12.3. The summed E-state index contributed by atoms with van der Waals surface area (Å²) >= 11 is 0. The van der Waals surface area contributed by atoms with Crippen LogP contribution in [0.15, 0.2) is 65.5 Å². The molecule has 0 atom stereocenters. The van der Waals surface area contributed by atoms with Gasteiger partial charge in [-0.3, -0.25) is 4.79 Å². The lowest BCUT2D eigenvalue weighted by Crippen LogP contribution is -2.24. The Morgan fingerprint density at radius 3 is 2.34 bits per heavy atom. The number of fused-ring (bicyclic) bond motifs is 1. The number of rotatable bonds is 8. The van der Waals surface area contributed by atoms with Crippen molar-refractivity contribution in [3.63, 3.8) is 0 Å². The number of hydrogen-bond donors (Lipinski definition) is 4. The largest absolute Gasteiger partial charge is 0.490 e. The summed E-state index contributed by atoms with van der Waals surface area (Å²) < 4.78 is 11.7. The summed E-state index contributed by atoms with van der Waals surface area (Å²) in [5.41, 5.74) is 4.25. The van der Waals surface area contributed by atoms with Crippen molar-refractivity contribution in [3.05, 3.63) is 87.7 Å². The number of carbonyl (C=O) groups is 2. The first-order valence-corrected chi connectivity index (χ1v) is 10.7. The number of carboxylic acid groups (broad SMARTS) is 2. The predicted octanol–water partition coefficient (Wildman–Crippen LogP) is 4.15. The topological polar surface area (TPSA) is 152 Å². The fraction of sp³-hybridized carbons (Fsp3) is 0.115. The van der Waals surface area contributed by atoms with Crippen LogP contribution in [0.1, 0.15) is 33.2 Å². The molecule has 0 radical (unpaired) electrons. The first kappa shape index (κ1) is 23.4. The second-order valence-corrected chi connectivity index (χ2v) is 7.62. The highest BCUT2D eigenvalue weighted by Crippen LogP contribution is 2.37. The van der Waals surface area contributed by atoms with Crippen LogP contribution in [0, 0.1) is 0 Å². The molecule has 178 valence electrons. The van der Waals surface area contributed by atoms with E-state index in [1.165, 1.54) is 12.1 Å². The third-order valence-electron chi connectivity index (χ3n) is 5.47. The molecule has 0 spiro atoms. The van der Waals surface area contributed by atoms with Gasteiger partial charge < -0.3 is 30.4 Å². The lowest BCUT2D eigenvalue weighted by Gasteiger charge is -2.16. The monoisotopic (exact) mass is 474 g/mol. The molecule has 9 heteroatoms. The smallest absolute Gasteiger partial charge is 0.342 e. The number of ether oxygens (including phenoxy) is 2. The van der Waals surface area contributed by atoms with Crippen LogP contribution >= 0.6 is 0 Å². The van der Waals surface area contributed by atoms with Gasteiger partial charge in [0.05, 0.1) is 6.61 Å². The Morgan fingerprint density at radius 2 is 1.63 bits per heavy atom. The molecule has 4 rings (SSSR count).